The molecular formula is C20H18ClNO5S. The van der Waals surface area contributed by atoms with Crippen molar-refractivity contribution in [3.05, 3.63) is 46.5 Å². The van der Waals surface area contributed by atoms with E-state index in [0.29, 0.717) is 46.5 Å². The Morgan fingerprint density at radius 2 is 2.11 bits per heavy atom. The van der Waals surface area contributed by atoms with E-state index in [0.717, 1.165) is 11.3 Å². The minimum absolute atomic E-state index is 0.0461. The van der Waals surface area contributed by atoms with Crippen LogP contribution in [-0.2, 0) is 16.1 Å². The molecule has 0 fully saturated rings. The van der Waals surface area contributed by atoms with Crippen LogP contribution in [0.15, 0.2) is 35.2 Å². The zero-order valence-corrected chi connectivity index (χ0v) is 16.7. The highest BCUT2D eigenvalue weighted by Gasteiger charge is 2.24. The lowest BCUT2D eigenvalue weighted by Crippen LogP contribution is -2.26. The van der Waals surface area contributed by atoms with Gasteiger partial charge in [0.1, 0.15) is 6.61 Å². The second-order valence-corrected chi connectivity index (χ2v) is 8.28. The number of carbonyl (C=O) groups is 2. The summed E-state index contributed by atoms with van der Waals surface area (Å²) in [6, 6.07) is 8.62. The number of thioether (sulfide) groups is 1. The molecule has 0 saturated heterocycles. The molecule has 28 heavy (non-hydrogen) atoms. The Balaban J connectivity index is 1.46. The third-order valence-corrected chi connectivity index (χ3v) is 5.84. The summed E-state index contributed by atoms with van der Waals surface area (Å²) in [7, 11) is 0. The van der Waals surface area contributed by atoms with Crippen LogP contribution in [0, 0.1) is 0 Å². The van der Waals surface area contributed by atoms with Crippen LogP contribution in [0.3, 0.4) is 0 Å². The Morgan fingerprint density at radius 1 is 1.29 bits per heavy atom. The molecule has 146 valence electrons. The van der Waals surface area contributed by atoms with E-state index in [9.17, 15) is 9.59 Å². The minimum Gasteiger partial charge on any atom is -0.489 e. The van der Waals surface area contributed by atoms with Gasteiger partial charge in [0, 0.05) is 11.3 Å². The molecule has 0 radical (unpaired) electrons. The van der Waals surface area contributed by atoms with Crippen molar-refractivity contribution in [2.45, 2.75) is 30.1 Å². The summed E-state index contributed by atoms with van der Waals surface area (Å²) < 4.78 is 16.7. The van der Waals surface area contributed by atoms with Gasteiger partial charge in [0.2, 0.25) is 5.91 Å². The highest BCUT2D eigenvalue weighted by molar-refractivity contribution is 8.00. The first-order valence-electron chi connectivity index (χ1n) is 8.88. The number of carbonyl (C=O) groups excluding carboxylic acids is 2. The van der Waals surface area contributed by atoms with Gasteiger partial charge in [-0.1, -0.05) is 11.6 Å². The molecule has 2 aromatic carbocycles. The van der Waals surface area contributed by atoms with Crippen molar-refractivity contribution in [1.82, 2.24) is 0 Å². The van der Waals surface area contributed by atoms with Gasteiger partial charge in [-0.3, -0.25) is 4.79 Å². The molecule has 2 aliphatic rings. The molecule has 2 aromatic rings. The van der Waals surface area contributed by atoms with E-state index in [1.54, 1.807) is 24.3 Å². The molecule has 1 amide bonds. The molecule has 8 heteroatoms. The van der Waals surface area contributed by atoms with Crippen molar-refractivity contribution in [3.63, 3.8) is 0 Å². The summed E-state index contributed by atoms with van der Waals surface area (Å²) in [6.07, 6.45) is 0.779. The van der Waals surface area contributed by atoms with Crippen LogP contribution < -0.4 is 14.8 Å². The number of esters is 1. The largest absolute Gasteiger partial charge is 0.489 e. The Labute approximate surface area is 171 Å². The summed E-state index contributed by atoms with van der Waals surface area (Å²) in [6.45, 7) is 2.98. The summed E-state index contributed by atoms with van der Waals surface area (Å²) in [5.41, 5.74) is 1.70. The second-order valence-electron chi connectivity index (χ2n) is 6.49. The Hall–Kier alpha value is -2.38. The van der Waals surface area contributed by atoms with Gasteiger partial charge in [0.25, 0.3) is 0 Å². The highest BCUT2D eigenvalue weighted by atomic mass is 35.5. The third kappa shape index (κ3) is 3.91. The van der Waals surface area contributed by atoms with E-state index in [-0.39, 0.29) is 17.8 Å². The normalized spacial score (nSPS) is 17.9. The lowest BCUT2D eigenvalue weighted by Gasteiger charge is -2.21. The van der Waals surface area contributed by atoms with E-state index in [2.05, 4.69) is 5.32 Å². The fraction of sp³-hybridized carbons (Fsp3) is 0.300. The molecule has 0 spiro atoms. The van der Waals surface area contributed by atoms with Crippen LogP contribution in [0.4, 0.5) is 5.69 Å². The van der Waals surface area contributed by atoms with Crippen molar-refractivity contribution in [2.75, 3.05) is 18.5 Å². The van der Waals surface area contributed by atoms with E-state index < -0.39 is 5.97 Å². The predicted molar refractivity (Wildman–Crippen MR) is 107 cm³/mol. The van der Waals surface area contributed by atoms with E-state index in [4.69, 9.17) is 25.8 Å². The molecule has 1 N–H and O–H groups in total. The van der Waals surface area contributed by atoms with Crippen molar-refractivity contribution < 1.29 is 23.8 Å². The van der Waals surface area contributed by atoms with Gasteiger partial charge in [-0.05, 0) is 42.8 Å². The maximum Gasteiger partial charge on any atom is 0.338 e. The number of nitrogens with one attached hydrogen (secondary N) is 1. The predicted octanol–water partition coefficient (Wildman–Crippen LogP) is 4.29. The molecule has 0 saturated carbocycles. The number of rotatable bonds is 3. The van der Waals surface area contributed by atoms with Crippen LogP contribution >= 0.6 is 23.4 Å². The van der Waals surface area contributed by atoms with Crippen LogP contribution in [0.5, 0.6) is 11.5 Å². The number of halogens is 1. The number of benzene rings is 2. The van der Waals surface area contributed by atoms with Crippen molar-refractivity contribution in [1.29, 1.82) is 0 Å². The van der Waals surface area contributed by atoms with Gasteiger partial charge < -0.3 is 19.5 Å². The monoisotopic (exact) mass is 419 g/mol. The first kappa shape index (κ1) is 19.0. The van der Waals surface area contributed by atoms with E-state index >= 15 is 0 Å². The standard InChI is InChI=1S/C20H18ClNO5S/c1-11-19(23)22-15-9-13(3-4-17(15)28-11)20(24)27-10-12-7-14(21)18-16(8-12)25-5-2-6-26-18/h3-4,7-9,11H,2,5-6,10H2,1H3,(H,22,23). The quantitative estimate of drug-likeness (QED) is 0.748. The van der Waals surface area contributed by atoms with Crippen LogP contribution in [-0.4, -0.2) is 30.3 Å². The Bertz CT molecular complexity index is 948. The fourth-order valence-corrected chi connectivity index (χ4v) is 4.15. The molecule has 2 aliphatic heterocycles. The summed E-state index contributed by atoms with van der Waals surface area (Å²) in [5, 5.41) is 3.08. The molecule has 0 aliphatic carbocycles. The average Bonchev–Trinajstić information content (AvgIpc) is 2.92. The van der Waals surface area contributed by atoms with Crippen molar-refractivity contribution >= 4 is 40.9 Å². The van der Waals surface area contributed by atoms with Gasteiger partial charge >= 0.3 is 5.97 Å². The Morgan fingerprint density at radius 3 is 2.96 bits per heavy atom. The molecule has 6 nitrogen and oxygen atoms in total. The van der Waals surface area contributed by atoms with Crippen LogP contribution in [0.1, 0.15) is 29.3 Å². The fourth-order valence-electron chi connectivity index (χ4n) is 2.94. The van der Waals surface area contributed by atoms with E-state index in [1.165, 1.54) is 11.8 Å². The smallest absolute Gasteiger partial charge is 0.338 e. The zero-order chi connectivity index (χ0) is 19.7. The topological polar surface area (TPSA) is 73.9 Å². The minimum atomic E-state index is -0.482. The number of ether oxygens (including phenoxy) is 3. The number of anilines is 1. The zero-order valence-electron chi connectivity index (χ0n) is 15.1. The second kappa shape index (κ2) is 7.93. The lowest BCUT2D eigenvalue weighted by atomic mass is 10.2. The molecule has 0 aromatic heterocycles. The lowest BCUT2D eigenvalue weighted by molar-refractivity contribution is -0.115. The summed E-state index contributed by atoms with van der Waals surface area (Å²) in [4.78, 5) is 25.2. The maximum absolute atomic E-state index is 12.4. The van der Waals surface area contributed by atoms with Gasteiger partial charge in [0.15, 0.2) is 11.5 Å². The SMILES string of the molecule is CC1Sc2ccc(C(=O)OCc3cc(Cl)c4c(c3)OCCCO4)cc2NC1=O. The van der Waals surface area contributed by atoms with Gasteiger partial charge in [-0.2, -0.15) is 0 Å². The molecule has 0 bridgehead atoms. The number of fused-ring (bicyclic) bond motifs is 2. The third-order valence-electron chi connectivity index (χ3n) is 4.38. The first-order valence-corrected chi connectivity index (χ1v) is 10.1. The maximum atomic E-state index is 12.4. The molecule has 1 unspecified atom stereocenters. The van der Waals surface area contributed by atoms with Crippen LogP contribution in [0.2, 0.25) is 5.02 Å². The average molecular weight is 420 g/mol. The molecule has 2 heterocycles. The number of amides is 1. The highest BCUT2D eigenvalue weighted by Crippen LogP contribution is 2.38. The van der Waals surface area contributed by atoms with Crippen molar-refractivity contribution in [2.24, 2.45) is 0 Å². The van der Waals surface area contributed by atoms with Crippen molar-refractivity contribution in [3.8, 4) is 11.5 Å². The van der Waals surface area contributed by atoms with Gasteiger partial charge in [-0.15, -0.1) is 11.8 Å². The van der Waals surface area contributed by atoms with Crippen LogP contribution in [0.25, 0.3) is 0 Å². The first-order chi connectivity index (χ1) is 13.5. The number of hydrogen-bond acceptors (Lipinski definition) is 6. The molecule has 1 atom stereocenters. The van der Waals surface area contributed by atoms with Gasteiger partial charge in [0.05, 0.1) is 34.7 Å². The Kier molecular flexibility index (Phi) is 5.37. The number of hydrogen-bond donors (Lipinski definition) is 1. The summed E-state index contributed by atoms with van der Waals surface area (Å²) in [5.74, 6) is 0.513. The van der Waals surface area contributed by atoms with E-state index in [1.807, 2.05) is 13.0 Å². The molecular weight excluding hydrogens is 402 g/mol. The summed E-state index contributed by atoms with van der Waals surface area (Å²) >= 11 is 7.73. The molecule has 4 rings (SSSR count). The van der Waals surface area contributed by atoms with Gasteiger partial charge in [-0.25, -0.2) is 4.79 Å².